The van der Waals surface area contributed by atoms with Gasteiger partial charge in [0.1, 0.15) is 5.82 Å². The Bertz CT molecular complexity index is 374. The van der Waals surface area contributed by atoms with Gasteiger partial charge in [0.25, 0.3) is 0 Å². The molecule has 1 aromatic rings. The SMILES string of the molecule is CCC1(CNCc2ccc(Cl)c(F)c2)CC1. The Balaban J connectivity index is 1.83. The summed E-state index contributed by atoms with van der Waals surface area (Å²) >= 11 is 5.62. The average Bonchev–Trinajstić information content (AvgIpc) is 3.04. The normalized spacial score (nSPS) is 17.4. The molecule has 0 spiro atoms. The van der Waals surface area contributed by atoms with Gasteiger partial charge in [-0.25, -0.2) is 4.39 Å². The first kappa shape index (κ1) is 11.9. The van der Waals surface area contributed by atoms with E-state index in [1.807, 2.05) is 6.07 Å². The lowest BCUT2D eigenvalue weighted by Gasteiger charge is -2.13. The fraction of sp³-hybridized carbons (Fsp3) is 0.538. The van der Waals surface area contributed by atoms with Crippen molar-refractivity contribution < 1.29 is 4.39 Å². The van der Waals surface area contributed by atoms with Crippen LogP contribution in [0.15, 0.2) is 18.2 Å². The van der Waals surface area contributed by atoms with Gasteiger partial charge in [-0.2, -0.15) is 0 Å². The molecular weight excluding hydrogens is 225 g/mol. The van der Waals surface area contributed by atoms with Crippen molar-refractivity contribution in [3.63, 3.8) is 0 Å². The fourth-order valence-electron chi connectivity index (χ4n) is 1.95. The van der Waals surface area contributed by atoms with E-state index in [2.05, 4.69) is 12.2 Å². The Morgan fingerprint density at radius 2 is 2.19 bits per heavy atom. The van der Waals surface area contributed by atoms with E-state index < -0.39 is 0 Å². The zero-order valence-electron chi connectivity index (χ0n) is 9.52. The number of hydrogen-bond acceptors (Lipinski definition) is 1. The zero-order valence-corrected chi connectivity index (χ0v) is 10.3. The summed E-state index contributed by atoms with van der Waals surface area (Å²) in [4.78, 5) is 0. The van der Waals surface area contributed by atoms with Crippen LogP contribution in [0.4, 0.5) is 4.39 Å². The standard InChI is InChI=1S/C13H17ClFN/c1-2-13(5-6-13)9-16-8-10-3-4-11(14)12(15)7-10/h3-4,7,16H,2,5-6,8-9H2,1H3. The molecular formula is C13H17ClFN. The van der Waals surface area contributed by atoms with Crippen molar-refractivity contribution >= 4 is 11.6 Å². The van der Waals surface area contributed by atoms with Crippen molar-refractivity contribution in [2.45, 2.75) is 32.7 Å². The fourth-order valence-corrected chi connectivity index (χ4v) is 2.07. The summed E-state index contributed by atoms with van der Waals surface area (Å²) in [7, 11) is 0. The summed E-state index contributed by atoms with van der Waals surface area (Å²) in [5.41, 5.74) is 1.49. The highest BCUT2D eigenvalue weighted by Gasteiger charge is 2.39. The molecule has 1 aromatic carbocycles. The minimum atomic E-state index is -0.336. The maximum absolute atomic E-state index is 13.2. The highest BCUT2D eigenvalue weighted by atomic mass is 35.5. The molecule has 0 unspecified atom stereocenters. The van der Waals surface area contributed by atoms with Gasteiger partial charge in [-0.15, -0.1) is 0 Å². The van der Waals surface area contributed by atoms with Crippen LogP contribution in [0, 0.1) is 11.2 Å². The number of nitrogens with one attached hydrogen (secondary N) is 1. The number of rotatable bonds is 5. The summed E-state index contributed by atoms with van der Waals surface area (Å²) in [6, 6.07) is 4.98. The quantitative estimate of drug-likeness (QED) is 0.828. The van der Waals surface area contributed by atoms with Crippen LogP contribution in [0.3, 0.4) is 0 Å². The third-order valence-electron chi connectivity index (χ3n) is 3.52. The van der Waals surface area contributed by atoms with Crippen molar-refractivity contribution in [3.8, 4) is 0 Å². The maximum Gasteiger partial charge on any atom is 0.142 e. The monoisotopic (exact) mass is 241 g/mol. The molecule has 1 nitrogen and oxygen atoms in total. The van der Waals surface area contributed by atoms with Crippen LogP contribution in [0.5, 0.6) is 0 Å². The molecule has 0 radical (unpaired) electrons. The number of hydrogen-bond donors (Lipinski definition) is 1. The summed E-state index contributed by atoms with van der Waals surface area (Å²) in [6.45, 7) is 3.99. The predicted octanol–water partition coefficient (Wildman–Crippen LogP) is 3.76. The van der Waals surface area contributed by atoms with Gasteiger partial charge < -0.3 is 5.32 Å². The molecule has 2 rings (SSSR count). The van der Waals surface area contributed by atoms with Crippen LogP contribution in [0.1, 0.15) is 31.7 Å². The largest absolute Gasteiger partial charge is 0.312 e. The topological polar surface area (TPSA) is 12.0 Å². The van der Waals surface area contributed by atoms with Gasteiger partial charge in [-0.05, 0) is 42.4 Å². The van der Waals surface area contributed by atoms with Gasteiger partial charge in [0.15, 0.2) is 0 Å². The van der Waals surface area contributed by atoms with Gasteiger partial charge in [-0.3, -0.25) is 0 Å². The van der Waals surface area contributed by atoms with E-state index in [4.69, 9.17) is 11.6 Å². The van der Waals surface area contributed by atoms with Gasteiger partial charge in [0, 0.05) is 13.1 Å². The highest BCUT2D eigenvalue weighted by Crippen LogP contribution is 2.47. The molecule has 1 aliphatic rings. The minimum absolute atomic E-state index is 0.191. The number of benzene rings is 1. The molecule has 1 aliphatic carbocycles. The van der Waals surface area contributed by atoms with Gasteiger partial charge >= 0.3 is 0 Å². The van der Waals surface area contributed by atoms with E-state index >= 15 is 0 Å². The molecule has 0 aromatic heterocycles. The molecule has 0 aliphatic heterocycles. The third-order valence-corrected chi connectivity index (χ3v) is 3.83. The van der Waals surface area contributed by atoms with Crippen LogP contribution in [0.25, 0.3) is 0 Å². The maximum atomic E-state index is 13.2. The van der Waals surface area contributed by atoms with Gasteiger partial charge in [0.2, 0.25) is 0 Å². The highest BCUT2D eigenvalue weighted by molar-refractivity contribution is 6.30. The lowest BCUT2D eigenvalue weighted by Crippen LogP contribution is -2.23. The molecule has 0 heterocycles. The molecule has 16 heavy (non-hydrogen) atoms. The van der Waals surface area contributed by atoms with Crippen molar-refractivity contribution in [2.24, 2.45) is 5.41 Å². The van der Waals surface area contributed by atoms with E-state index in [-0.39, 0.29) is 10.8 Å². The van der Waals surface area contributed by atoms with Gasteiger partial charge in [0.05, 0.1) is 5.02 Å². The van der Waals surface area contributed by atoms with E-state index in [1.165, 1.54) is 25.3 Å². The molecule has 0 bridgehead atoms. The van der Waals surface area contributed by atoms with E-state index in [9.17, 15) is 4.39 Å². The molecule has 1 N–H and O–H groups in total. The molecule has 88 valence electrons. The molecule has 3 heteroatoms. The van der Waals surface area contributed by atoms with E-state index in [0.29, 0.717) is 5.41 Å². The van der Waals surface area contributed by atoms with Crippen molar-refractivity contribution in [3.05, 3.63) is 34.6 Å². The van der Waals surface area contributed by atoms with Crippen LogP contribution in [-0.2, 0) is 6.54 Å². The average molecular weight is 242 g/mol. The Kier molecular flexibility index (Phi) is 3.50. The molecule has 0 amide bonds. The zero-order chi connectivity index (χ0) is 11.6. The Morgan fingerprint density at radius 3 is 2.75 bits per heavy atom. The van der Waals surface area contributed by atoms with Crippen molar-refractivity contribution in [1.82, 2.24) is 5.32 Å². The first-order valence-corrected chi connectivity index (χ1v) is 6.18. The summed E-state index contributed by atoms with van der Waals surface area (Å²) in [5, 5.41) is 3.58. The second-order valence-corrected chi connectivity index (χ2v) is 5.11. The summed E-state index contributed by atoms with van der Waals surface area (Å²) in [5.74, 6) is -0.336. The summed E-state index contributed by atoms with van der Waals surface area (Å²) < 4.78 is 13.2. The molecule has 1 fully saturated rings. The molecule has 1 saturated carbocycles. The van der Waals surface area contributed by atoms with E-state index in [0.717, 1.165) is 18.7 Å². The van der Waals surface area contributed by atoms with Crippen molar-refractivity contribution in [2.75, 3.05) is 6.54 Å². The first-order chi connectivity index (χ1) is 7.65. The predicted molar refractivity (Wildman–Crippen MR) is 65.1 cm³/mol. The Hall–Kier alpha value is -0.600. The summed E-state index contributed by atoms with van der Waals surface area (Å²) in [6.07, 6.45) is 3.88. The van der Waals surface area contributed by atoms with Crippen LogP contribution < -0.4 is 5.32 Å². The molecule has 0 saturated heterocycles. The smallest absolute Gasteiger partial charge is 0.142 e. The van der Waals surface area contributed by atoms with Crippen LogP contribution in [0.2, 0.25) is 5.02 Å². The first-order valence-electron chi connectivity index (χ1n) is 5.80. The molecule has 0 atom stereocenters. The third kappa shape index (κ3) is 2.74. The Labute approximate surface area is 101 Å². The Morgan fingerprint density at radius 1 is 1.44 bits per heavy atom. The lowest BCUT2D eigenvalue weighted by atomic mass is 10.0. The second-order valence-electron chi connectivity index (χ2n) is 4.71. The van der Waals surface area contributed by atoms with Crippen molar-refractivity contribution in [1.29, 1.82) is 0 Å². The van der Waals surface area contributed by atoms with Crippen LogP contribution in [-0.4, -0.2) is 6.54 Å². The number of halogens is 2. The van der Waals surface area contributed by atoms with E-state index in [1.54, 1.807) is 6.07 Å². The second kappa shape index (κ2) is 4.72. The minimum Gasteiger partial charge on any atom is -0.312 e. The van der Waals surface area contributed by atoms with Crippen LogP contribution >= 0.6 is 11.6 Å². The lowest BCUT2D eigenvalue weighted by molar-refractivity contribution is 0.443. The van der Waals surface area contributed by atoms with Gasteiger partial charge in [-0.1, -0.05) is 24.6 Å².